The van der Waals surface area contributed by atoms with Crippen molar-refractivity contribution in [3.8, 4) is 17.2 Å². The third-order valence-corrected chi connectivity index (χ3v) is 8.45. The molecule has 3 aromatic carbocycles. The predicted octanol–water partition coefficient (Wildman–Crippen LogP) is 6.39. The Morgan fingerprint density at radius 2 is 1.44 bits per heavy atom. The number of rotatable bonds is 21. The smallest absolute Gasteiger partial charge is 0.407 e. The average molecular weight is 762 g/mol. The van der Waals surface area contributed by atoms with Crippen molar-refractivity contribution in [2.75, 3.05) is 71.7 Å². The Balaban J connectivity index is 1.64. The van der Waals surface area contributed by atoms with Crippen LogP contribution in [0, 0.1) is 6.92 Å². The van der Waals surface area contributed by atoms with E-state index < -0.39 is 23.4 Å². The quantitative estimate of drug-likeness (QED) is 0.0630. The van der Waals surface area contributed by atoms with Crippen molar-refractivity contribution in [1.82, 2.24) is 15.5 Å². The summed E-state index contributed by atoms with van der Waals surface area (Å²) in [6.07, 6.45) is 3.69. The van der Waals surface area contributed by atoms with Crippen molar-refractivity contribution in [2.24, 2.45) is 0 Å². The van der Waals surface area contributed by atoms with Gasteiger partial charge in [-0.05, 0) is 122 Å². The Hall–Kier alpha value is -5.30. The van der Waals surface area contributed by atoms with Gasteiger partial charge in [-0.1, -0.05) is 18.2 Å². The first-order valence-corrected chi connectivity index (χ1v) is 18.8. The summed E-state index contributed by atoms with van der Waals surface area (Å²) in [6, 6.07) is 15.4. The summed E-state index contributed by atoms with van der Waals surface area (Å²) in [4.78, 5) is 55.4. The number of hydrogen-bond acceptors (Lipinski definition) is 10. The first-order valence-electron chi connectivity index (χ1n) is 18.8. The lowest BCUT2D eigenvalue weighted by Gasteiger charge is -2.23. The van der Waals surface area contributed by atoms with Crippen molar-refractivity contribution in [3.63, 3.8) is 0 Å². The number of benzene rings is 3. The number of anilines is 2. The number of ketones is 1. The number of para-hydroxylation sites is 1. The molecular weight excluding hydrogens is 702 g/mol. The third kappa shape index (κ3) is 14.1. The van der Waals surface area contributed by atoms with Crippen molar-refractivity contribution >= 4 is 35.1 Å². The lowest BCUT2D eigenvalue weighted by molar-refractivity contribution is -0.121. The molecule has 0 saturated carbocycles. The molecule has 3 rings (SSSR count). The molecule has 0 unspecified atom stereocenters. The third-order valence-electron chi connectivity index (χ3n) is 8.45. The number of carbonyl (C=O) groups is 4. The molecule has 13 heteroatoms. The summed E-state index contributed by atoms with van der Waals surface area (Å²) in [5, 5.41) is 5.65. The van der Waals surface area contributed by atoms with Gasteiger partial charge in [-0.3, -0.25) is 14.4 Å². The van der Waals surface area contributed by atoms with Crippen LogP contribution in [0.4, 0.5) is 16.2 Å². The number of amides is 3. The molecule has 0 aliphatic carbocycles. The van der Waals surface area contributed by atoms with Crippen LogP contribution >= 0.6 is 0 Å². The predicted molar refractivity (Wildman–Crippen MR) is 216 cm³/mol. The number of methoxy groups -OCH3 is 1. The monoisotopic (exact) mass is 761 g/mol. The Kier molecular flexibility index (Phi) is 17.3. The van der Waals surface area contributed by atoms with Crippen LogP contribution in [0.1, 0.15) is 91.1 Å². The summed E-state index contributed by atoms with van der Waals surface area (Å²) in [5.41, 5.74) is 8.10. The number of aryl methyl sites for hydroxylation is 1. The first-order chi connectivity index (χ1) is 26.1. The molecule has 0 saturated heterocycles. The molecule has 0 bridgehead atoms. The molecule has 0 atom stereocenters. The molecular formula is C42H59N5O8. The average Bonchev–Trinajstić information content (AvgIpc) is 3.13. The number of hydrogen-bond donors (Lipinski definition) is 3. The zero-order chi connectivity index (χ0) is 40.5. The lowest BCUT2D eigenvalue weighted by atomic mass is 9.98. The van der Waals surface area contributed by atoms with Gasteiger partial charge < -0.3 is 45.1 Å². The van der Waals surface area contributed by atoms with E-state index in [0.717, 1.165) is 37.8 Å². The number of nitrogens with one attached hydrogen (secondary N) is 2. The van der Waals surface area contributed by atoms with E-state index in [1.54, 1.807) is 52.1 Å². The van der Waals surface area contributed by atoms with E-state index in [2.05, 4.69) is 15.5 Å². The Labute approximate surface area is 325 Å². The number of alkyl carbamates (subject to hydrolysis) is 1. The molecule has 0 aliphatic heterocycles. The van der Waals surface area contributed by atoms with E-state index >= 15 is 0 Å². The highest BCUT2D eigenvalue weighted by molar-refractivity contribution is 6.16. The van der Waals surface area contributed by atoms with Crippen molar-refractivity contribution in [1.29, 1.82) is 0 Å². The van der Waals surface area contributed by atoms with E-state index in [1.807, 2.05) is 39.2 Å². The van der Waals surface area contributed by atoms with Crippen LogP contribution in [0.5, 0.6) is 17.2 Å². The second-order valence-corrected chi connectivity index (χ2v) is 14.6. The van der Waals surface area contributed by atoms with Gasteiger partial charge in [0.25, 0.3) is 5.91 Å². The van der Waals surface area contributed by atoms with E-state index in [1.165, 1.54) is 24.1 Å². The molecule has 300 valence electrons. The lowest BCUT2D eigenvalue weighted by Crippen LogP contribution is -2.33. The zero-order valence-electron chi connectivity index (χ0n) is 33.7. The topological polar surface area (TPSA) is 162 Å². The van der Waals surface area contributed by atoms with Crippen molar-refractivity contribution < 1.29 is 38.1 Å². The van der Waals surface area contributed by atoms with Crippen LogP contribution in [0.2, 0.25) is 0 Å². The normalized spacial score (nSPS) is 11.1. The molecule has 0 spiro atoms. The number of ether oxygens (including phenoxy) is 4. The zero-order valence-corrected chi connectivity index (χ0v) is 33.7. The molecule has 0 fully saturated rings. The number of nitrogen functional groups attached to an aromatic ring is 1. The summed E-state index contributed by atoms with van der Waals surface area (Å²) >= 11 is 0. The molecule has 13 nitrogen and oxygen atoms in total. The minimum atomic E-state index is -0.597. The molecule has 3 amide bonds. The van der Waals surface area contributed by atoms with Gasteiger partial charge in [0, 0.05) is 26.6 Å². The fraction of sp³-hybridized carbons (Fsp3) is 0.476. The summed E-state index contributed by atoms with van der Waals surface area (Å²) in [6.45, 7) is 9.91. The summed E-state index contributed by atoms with van der Waals surface area (Å²) < 4.78 is 23.0. The Bertz CT molecular complexity index is 1750. The highest BCUT2D eigenvalue weighted by Crippen LogP contribution is 2.36. The largest absolute Gasteiger partial charge is 0.494 e. The maximum Gasteiger partial charge on any atom is 0.407 e. The van der Waals surface area contributed by atoms with Gasteiger partial charge >= 0.3 is 6.09 Å². The Morgan fingerprint density at radius 1 is 0.764 bits per heavy atom. The molecule has 4 N–H and O–H groups in total. The molecule has 0 aliphatic rings. The number of nitrogens with zero attached hydrogens (tertiary/aromatic N) is 2. The van der Waals surface area contributed by atoms with Crippen molar-refractivity contribution in [2.45, 2.75) is 71.8 Å². The van der Waals surface area contributed by atoms with Crippen LogP contribution in [0.3, 0.4) is 0 Å². The number of unbranched alkanes of at least 4 members (excludes halogenated alkanes) is 2. The summed E-state index contributed by atoms with van der Waals surface area (Å²) in [7, 11) is 7.05. The second-order valence-electron chi connectivity index (χ2n) is 14.6. The van der Waals surface area contributed by atoms with Crippen LogP contribution < -0.4 is 35.5 Å². The van der Waals surface area contributed by atoms with Gasteiger partial charge in [-0.25, -0.2) is 4.79 Å². The number of nitrogens with two attached hydrogens (primary N) is 1. The van der Waals surface area contributed by atoms with E-state index in [0.29, 0.717) is 49.7 Å². The minimum Gasteiger partial charge on any atom is -0.494 e. The first kappa shape index (κ1) is 44.1. The van der Waals surface area contributed by atoms with Gasteiger partial charge in [0.05, 0.1) is 48.4 Å². The maximum atomic E-state index is 13.9. The molecule has 0 heterocycles. The highest BCUT2D eigenvalue weighted by Gasteiger charge is 2.26. The minimum absolute atomic E-state index is 0.0214. The summed E-state index contributed by atoms with van der Waals surface area (Å²) in [5.74, 6) is 0.226. The van der Waals surface area contributed by atoms with Gasteiger partial charge in [0.2, 0.25) is 11.7 Å². The van der Waals surface area contributed by atoms with Gasteiger partial charge in [0.15, 0.2) is 5.75 Å². The van der Waals surface area contributed by atoms with Crippen LogP contribution in [-0.4, -0.2) is 95.3 Å². The number of carbonyl (C=O) groups excluding carboxylic acids is 4. The molecule has 0 radical (unpaired) electrons. The SMILES string of the molecule is COc1c(C(=O)c2ccccc2OCCCNC(=O)OC(C)(C)C)ccc(C(=O)N(C)c2ccc(C)cc2OCCCCCC(=O)NCCCN(C)C)c1N. The van der Waals surface area contributed by atoms with Gasteiger partial charge in [-0.15, -0.1) is 0 Å². The van der Waals surface area contributed by atoms with E-state index in [9.17, 15) is 19.2 Å². The van der Waals surface area contributed by atoms with Crippen LogP contribution in [0.25, 0.3) is 0 Å². The molecule has 55 heavy (non-hydrogen) atoms. The molecule has 3 aromatic rings. The fourth-order valence-corrected chi connectivity index (χ4v) is 5.63. The fourth-order valence-electron chi connectivity index (χ4n) is 5.63. The van der Waals surface area contributed by atoms with Crippen molar-refractivity contribution in [3.05, 3.63) is 76.9 Å². The van der Waals surface area contributed by atoms with Gasteiger partial charge in [0.1, 0.15) is 17.1 Å². The van der Waals surface area contributed by atoms with Crippen LogP contribution in [-0.2, 0) is 9.53 Å². The maximum absolute atomic E-state index is 13.9. The van der Waals surface area contributed by atoms with E-state index in [-0.39, 0.29) is 40.6 Å². The molecule has 0 aromatic heterocycles. The second kappa shape index (κ2) is 21.6. The van der Waals surface area contributed by atoms with Gasteiger partial charge in [-0.2, -0.15) is 0 Å². The standard InChI is InChI=1S/C42H59N5O8/c1-29-19-22-33(35(28-29)54-26-13-9-10-18-36(48)44-23-14-25-46(5)6)47(7)40(50)31-20-21-32(39(52-8)37(31)43)38(49)30-16-11-12-17-34(30)53-27-15-24-45-41(51)55-42(2,3)4/h11-12,16-17,19-22,28H,9-10,13-15,18,23-27,43H2,1-8H3,(H,44,48)(H,45,51). The highest BCUT2D eigenvalue weighted by atomic mass is 16.6. The van der Waals surface area contributed by atoms with Crippen LogP contribution in [0.15, 0.2) is 54.6 Å². The Morgan fingerprint density at radius 3 is 2.15 bits per heavy atom. The van der Waals surface area contributed by atoms with E-state index in [4.69, 9.17) is 24.7 Å².